The van der Waals surface area contributed by atoms with E-state index in [1.165, 1.54) is 0 Å². The molecule has 1 unspecified atom stereocenters. The summed E-state index contributed by atoms with van der Waals surface area (Å²) in [5, 5.41) is -0.162. The molecule has 1 atom stereocenters. The van der Waals surface area contributed by atoms with Crippen LogP contribution in [0.15, 0.2) is 0 Å². The largest absolute Gasteiger partial charge is 0.329 e. The molecule has 0 bridgehead atoms. The summed E-state index contributed by atoms with van der Waals surface area (Å²) in [5.74, 6) is 0. The molecule has 0 heterocycles. The molecule has 0 aromatic rings. The molecule has 0 spiro atoms. The fourth-order valence-electron chi connectivity index (χ4n) is 1.06. The quantitative estimate of drug-likeness (QED) is 0.674. The minimum absolute atomic E-state index is 0.162. The maximum atomic E-state index is 11.6. The van der Waals surface area contributed by atoms with Crippen LogP contribution in [0.25, 0.3) is 0 Å². The molecule has 1 rings (SSSR count). The molecule has 4 nitrogen and oxygen atoms in total. The van der Waals surface area contributed by atoms with Gasteiger partial charge in [-0.3, -0.25) is 0 Å². The zero-order chi connectivity index (χ0) is 10.1. The van der Waals surface area contributed by atoms with Crippen LogP contribution >= 0.6 is 0 Å². The second kappa shape index (κ2) is 3.55. The van der Waals surface area contributed by atoms with E-state index in [2.05, 4.69) is 4.72 Å². The van der Waals surface area contributed by atoms with Crippen LogP contribution in [-0.2, 0) is 10.0 Å². The zero-order valence-corrected chi connectivity index (χ0v) is 9.02. The predicted octanol–water partition coefficient (Wildman–Crippen LogP) is 0.196. The number of nitrogens with two attached hydrogens (primary N) is 1. The van der Waals surface area contributed by atoms with Gasteiger partial charge in [-0.2, -0.15) is 0 Å². The lowest BCUT2D eigenvalue weighted by Crippen LogP contribution is -2.51. The molecule has 5 heteroatoms. The van der Waals surface area contributed by atoms with Crippen LogP contribution in [0.5, 0.6) is 0 Å². The first-order valence-corrected chi connectivity index (χ1v) is 6.21. The summed E-state index contributed by atoms with van der Waals surface area (Å²) in [6.45, 7) is 4.12. The van der Waals surface area contributed by atoms with Gasteiger partial charge >= 0.3 is 0 Å². The molecule has 78 valence electrons. The van der Waals surface area contributed by atoms with E-state index in [4.69, 9.17) is 5.73 Å². The molecule has 0 aromatic carbocycles. The summed E-state index contributed by atoms with van der Waals surface area (Å²) in [4.78, 5) is 0. The van der Waals surface area contributed by atoms with Crippen molar-refractivity contribution in [3.05, 3.63) is 0 Å². The highest BCUT2D eigenvalue weighted by molar-refractivity contribution is 7.90. The Morgan fingerprint density at radius 3 is 2.38 bits per heavy atom. The van der Waals surface area contributed by atoms with Crippen LogP contribution in [-0.4, -0.2) is 25.8 Å². The van der Waals surface area contributed by atoms with Gasteiger partial charge in [-0.05, 0) is 26.2 Å². The average Bonchev–Trinajstić information content (AvgIpc) is 2.85. The highest BCUT2D eigenvalue weighted by atomic mass is 32.2. The van der Waals surface area contributed by atoms with Crippen LogP contribution in [0.4, 0.5) is 0 Å². The lowest BCUT2D eigenvalue weighted by molar-refractivity contribution is 0.411. The molecule has 0 saturated heterocycles. The summed E-state index contributed by atoms with van der Waals surface area (Å²) in [6, 6.07) is 0. The van der Waals surface area contributed by atoms with E-state index in [-0.39, 0.29) is 5.25 Å². The molecular formula is C8H18N2O2S. The lowest BCUT2D eigenvalue weighted by Gasteiger charge is -2.27. The van der Waals surface area contributed by atoms with Gasteiger partial charge in [-0.25, -0.2) is 13.1 Å². The molecule has 1 saturated carbocycles. The van der Waals surface area contributed by atoms with E-state index in [0.29, 0.717) is 6.54 Å². The third-order valence-electron chi connectivity index (χ3n) is 2.58. The molecule has 13 heavy (non-hydrogen) atoms. The fraction of sp³-hybridized carbons (Fsp3) is 1.00. The minimum atomic E-state index is -3.10. The SMILES string of the molecule is CCC(C)(CN)NS(=O)(=O)C1CC1. The van der Waals surface area contributed by atoms with Gasteiger partial charge in [0.1, 0.15) is 0 Å². The van der Waals surface area contributed by atoms with E-state index < -0.39 is 15.6 Å². The molecule has 0 radical (unpaired) electrons. The summed E-state index contributed by atoms with van der Waals surface area (Å²) < 4.78 is 25.8. The van der Waals surface area contributed by atoms with Crippen LogP contribution in [0.2, 0.25) is 0 Å². The molecule has 1 fully saturated rings. The first-order valence-electron chi connectivity index (χ1n) is 4.66. The standard InChI is InChI=1S/C8H18N2O2S/c1-3-8(2,6-9)10-13(11,12)7-4-5-7/h7,10H,3-6,9H2,1-2H3. The van der Waals surface area contributed by atoms with Crippen molar-refractivity contribution in [2.45, 2.75) is 43.9 Å². The Kier molecular flexibility index (Phi) is 2.99. The second-order valence-corrected chi connectivity index (χ2v) is 5.93. The van der Waals surface area contributed by atoms with E-state index >= 15 is 0 Å². The maximum absolute atomic E-state index is 11.6. The van der Waals surface area contributed by atoms with E-state index in [9.17, 15) is 8.42 Å². The van der Waals surface area contributed by atoms with Crippen LogP contribution in [0.1, 0.15) is 33.1 Å². The Morgan fingerprint density at radius 2 is 2.08 bits per heavy atom. The molecule has 0 aromatic heterocycles. The average molecular weight is 206 g/mol. The van der Waals surface area contributed by atoms with Crippen LogP contribution in [0.3, 0.4) is 0 Å². The van der Waals surface area contributed by atoms with Crippen molar-refractivity contribution in [1.29, 1.82) is 0 Å². The molecule has 0 amide bonds. The molecule has 1 aliphatic rings. The molecule has 1 aliphatic carbocycles. The smallest absolute Gasteiger partial charge is 0.215 e. The van der Waals surface area contributed by atoms with Crippen molar-refractivity contribution in [3.63, 3.8) is 0 Å². The van der Waals surface area contributed by atoms with Crippen LogP contribution in [0, 0.1) is 0 Å². The summed E-state index contributed by atoms with van der Waals surface area (Å²) >= 11 is 0. The third kappa shape index (κ3) is 2.65. The van der Waals surface area contributed by atoms with Crippen molar-refractivity contribution in [1.82, 2.24) is 4.72 Å². The third-order valence-corrected chi connectivity index (χ3v) is 4.71. The zero-order valence-electron chi connectivity index (χ0n) is 8.21. The normalized spacial score (nSPS) is 22.7. The topological polar surface area (TPSA) is 72.2 Å². The lowest BCUT2D eigenvalue weighted by atomic mass is 10.0. The Balaban J connectivity index is 2.65. The highest BCUT2D eigenvalue weighted by Gasteiger charge is 2.39. The van der Waals surface area contributed by atoms with Gasteiger partial charge in [0, 0.05) is 12.1 Å². The van der Waals surface area contributed by atoms with Crippen molar-refractivity contribution in [2.75, 3.05) is 6.54 Å². The van der Waals surface area contributed by atoms with Gasteiger partial charge in [0.15, 0.2) is 0 Å². The Bertz CT molecular complexity index is 266. The molecule has 0 aliphatic heterocycles. The Hall–Kier alpha value is -0.130. The summed E-state index contributed by atoms with van der Waals surface area (Å²) in [7, 11) is -3.10. The van der Waals surface area contributed by atoms with Crippen LogP contribution < -0.4 is 10.5 Å². The van der Waals surface area contributed by atoms with Gasteiger partial charge in [0.05, 0.1) is 5.25 Å². The van der Waals surface area contributed by atoms with Gasteiger partial charge in [0.2, 0.25) is 10.0 Å². The van der Waals surface area contributed by atoms with Gasteiger partial charge in [-0.15, -0.1) is 0 Å². The number of hydrogen-bond acceptors (Lipinski definition) is 3. The Labute approximate surface area is 79.9 Å². The van der Waals surface area contributed by atoms with Crippen molar-refractivity contribution < 1.29 is 8.42 Å². The summed E-state index contributed by atoms with van der Waals surface area (Å²) in [6.07, 6.45) is 2.30. The summed E-state index contributed by atoms with van der Waals surface area (Å²) in [5.41, 5.74) is 5.05. The number of rotatable bonds is 5. The fourth-order valence-corrected chi connectivity index (χ4v) is 2.90. The highest BCUT2D eigenvalue weighted by Crippen LogP contribution is 2.28. The minimum Gasteiger partial charge on any atom is -0.329 e. The first-order chi connectivity index (χ1) is 5.93. The van der Waals surface area contributed by atoms with Crippen molar-refractivity contribution in [3.8, 4) is 0 Å². The Morgan fingerprint density at radius 1 is 1.54 bits per heavy atom. The molecular weight excluding hydrogens is 188 g/mol. The van der Waals surface area contributed by atoms with E-state index in [1.54, 1.807) is 0 Å². The predicted molar refractivity (Wildman–Crippen MR) is 52.8 cm³/mol. The van der Waals surface area contributed by atoms with E-state index in [1.807, 2.05) is 13.8 Å². The monoisotopic (exact) mass is 206 g/mol. The number of hydrogen-bond donors (Lipinski definition) is 2. The second-order valence-electron chi connectivity index (χ2n) is 3.96. The van der Waals surface area contributed by atoms with Gasteiger partial charge < -0.3 is 5.73 Å². The number of nitrogens with one attached hydrogen (secondary N) is 1. The van der Waals surface area contributed by atoms with Gasteiger partial charge in [-0.1, -0.05) is 6.92 Å². The first kappa shape index (κ1) is 10.9. The van der Waals surface area contributed by atoms with E-state index in [0.717, 1.165) is 19.3 Å². The number of sulfonamides is 1. The van der Waals surface area contributed by atoms with Crippen molar-refractivity contribution in [2.24, 2.45) is 5.73 Å². The maximum Gasteiger partial charge on any atom is 0.215 e. The van der Waals surface area contributed by atoms with Crippen molar-refractivity contribution >= 4 is 10.0 Å². The molecule has 3 N–H and O–H groups in total. The van der Waals surface area contributed by atoms with Gasteiger partial charge in [0.25, 0.3) is 0 Å².